The van der Waals surface area contributed by atoms with Crippen LogP contribution in [0, 0.1) is 29.1 Å². The van der Waals surface area contributed by atoms with Gasteiger partial charge in [0.25, 0.3) is 11.8 Å². The Balaban J connectivity index is 0.659. The number of benzene rings is 3. The molecular formula is C51H56ClN9O5. The van der Waals surface area contributed by atoms with E-state index in [1.165, 1.54) is 12.8 Å². The molecule has 66 heavy (non-hydrogen) atoms. The minimum atomic E-state index is -0.965. The number of nitrogens with zero attached hydrogens (tertiary/aromatic N) is 8. The van der Waals surface area contributed by atoms with E-state index in [2.05, 4.69) is 61.9 Å². The highest BCUT2D eigenvalue weighted by atomic mass is 35.5. The molecule has 1 aromatic heterocycles. The van der Waals surface area contributed by atoms with E-state index >= 15 is 0 Å². The third kappa shape index (κ3) is 8.64. The van der Waals surface area contributed by atoms with Crippen molar-refractivity contribution in [1.29, 1.82) is 5.26 Å². The fraction of sp³-hybridized carbons (Fsp3) is 0.471. The van der Waals surface area contributed by atoms with Crippen LogP contribution >= 0.6 is 11.6 Å². The molecule has 10 rings (SSSR count). The molecule has 0 bridgehead atoms. The summed E-state index contributed by atoms with van der Waals surface area (Å²) in [6.45, 7) is 13.6. The van der Waals surface area contributed by atoms with E-state index < -0.39 is 23.8 Å². The molecule has 4 aromatic rings. The number of halogens is 1. The number of ether oxygens (including phenoxy) is 1. The zero-order chi connectivity index (χ0) is 45.7. The average molecular weight is 911 g/mol. The SMILES string of the molecule is CC(C)(c1ccc(OCc2ccnc(N3CCC(N4CCC(CN5CC6CN(c7cccc8c7C(=O)N(C7CCC(=O)NC7=O)C8=O)CC6C5)CC4)CC3)n2)cc1)c1cc(Cl)cc(C#N)c1. The van der Waals surface area contributed by atoms with Crippen LogP contribution in [0.2, 0.25) is 5.02 Å². The number of likely N-dealkylation sites (tertiary alicyclic amines) is 2. The van der Waals surface area contributed by atoms with E-state index in [1.54, 1.807) is 12.1 Å². The predicted octanol–water partition coefficient (Wildman–Crippen LogP) is 6.06. The molecule has 6 aliphatic rings. The molecule has 3 unspecified atom stereocenters. The number of hydrogen-bond acceptors (Lipinski definition) is 12. The molecule has 0 saturated carbocycles. The summed E-state index contributed by atoms with van der Waals surface area (Å²) in [4.78, 5) is 72.1. The van der Waals surface area contributed by atoms with Crippen molar-refractivity contribution in [3.63, 3.8) is 0 Å². The quantitative estimate of drug-likeness (QED) is 0.174. The van der Waals surface area contributed by atoms with Gasteiger partial charge in [-0.05, 0) is 123 Å². The Hall–Kier alpha value is -5.88. The summed E-state index contributed by atoms with van der Waals surface area (Å²) in [6.07, 6.45) is 6.69. The first-order valence-corrected chi connectivity index (χ1v) is 23.9. The van der Waals surface area contributed by atoms with Crippen LogP contribution < -0.4 is 19.9 Å². The minimum Gasteiger partial charge on any atom is -0.487 e. The number of rotatable bonds is 11. The van der Waals surface area contributed by atoms with Gasteiger partial charge in [0.2, 0.25) is 17.8 Å². The first-order valence-electron chi connectivity index (χ1n) is 23.5. The number of nitriles is 1. The zero-order valence-electron chi connectivity index (χ0n) is 37.6. The smallest absolute Gasteiger partial charge is 0.264 e. The van der Waals surface area contributed by atoms with Crippen LogP contribution in [-0.4, -0.2) is 119 Å². The van der Waals surface area contributed by atoms with Crippen LogP contribution in [0.25, 0.3) is 0 Å². The van der Waals surface area contributed by atoms with Crippen molar-refractivity contribution in [2.75, 3.05) is 68.7 Å². The van der Waals surface area contributed by atoms with Gasteiger partial charge in [-0.25, -0.2) is 9.97 Å². The fourth-order valence-electron chi connectivity index (χ4n) is 11.4. The van der Waals surface area contributed by atoms with E-state index in [0.717, 1.165) is 111 Å². The maximum atomic E-state index is 13.8. The molecule has 1 N–H and O–H groups in total. The zero-order valence-corrected chi connectivity index (χ0v) is 38.4. The molecule has 4 amide bonds. The predicted molar refractivity (Wildman–Crippen MR) is 249 cm³/mol. The summed E-state index contributed by atoms with van der Waals surface area (Å²) in [5, 5.41) is 12.3. The largest absolute Gasteiger partial charge is 0.487 e. The molecule has 0 spiro atoms. The highest BCUT2D eigenvalue weighted by Gasteiger charge is 2.48. The van der Waals surface area contributed by atoms with Gasteiger partial charge in [-0.2, -0.15) is 5.26 Å². The molecule has 5 fully saturated rings. The molecule has 14 nitrogen and oxygen atoms in total. The van der Waals surface area contributed by atoms with Crippen molar-refractivity contribution in [1.82, 2.24) is 30.0 Å². The van der Waals surface area contributed by atoms with Gasteiger partial charge < -0.3 is 24.3 Å². The molecule has 7 heterocycles. The van der Waals surface area contributed by atoms with Crippen LogP contribution in [0.4, 0.5) is 11.6 Å². The Labute approximate surface area is 390 Å². The number of aromatic nitrogens is 2. The Bertz CT molecular complexity index is 2570. The van der Waals surface area contributed by atoms with E-state index in [-0.39, 0.29) is 24.2 Å². The number of amides is 4. The van der Waals surface area contributed by atoms with Gasteiger partial charge in [0.05, 0.1) is 34.1 Å². The molecular weight excluding hydrogens is 854 g/mol. The Morgan fingerprint density at radius 2 is 1.58 bits per heavy atom. The average Bonchev–Trinajstić information content (AvgIpc) is 3.98. The summed E-state index contributed by atoms with van der Waals surface area (Å²) in [7, 11) is 0. The molecule has 0 radical (unpaired) electrons. The number of carbonyl (C=O) groups excluding carboxylic acids is 4. The molecule has 3 aromatic carbocycles. The second-order valence-electron chi connectivity index (χ2n) is 19.6. The van der Waals surface area contributed by atoms with Crippen LogP contribution in [0.5, 0.6) is 5.75 Å². The number of imide groups is 2. The lowest BCUT2D eigenvalue weighted by Gasteiger charge is -2.42. The summed E-state index contributed by atoms with van der Waals surface area (Å²) >= 11 is 6.32. The summed E-state index contributed by atoms with van der Waals surface area (Å²) in [5.74, 6) is 1.34. The number of hydrogen-bond donors (Lipinski definition) is 1. The molecule has 15 heteroatoms. The number of anilines is 2. The fourth-order valence-corrected chi connectivity index (χ4v) is 11.7. The second-order valence-corrected chi connectivity index (χ2v) is 20.1. The summed E-state index contributed by atoms with van der Waals surface area (Å²) in [5.41, 5.74) is 4.62. The summed E-state index contributed by atoms with van der Waals surface area (Å²) < 4.78 is 6.17. The number of carbonyl (C=O) groups is 4. The summed E-state index contributed by atoms with van der Waals surface area (Å²) in [6, 6.07) is 22.7. The van der Waals surface area contributed by atoms with Gasteiger partial charge in [-0.1, -0.05) is 43.6 Å². The third-order valence-corrected chi connectivity index (χ3v) is 15.4. The van der Waals surface area contributed by atoms with Crippen LogP contribution in [0.15, 0.2) is 72.9 Å². The first kappa shape index (κ1) is 44.0. The first-order chi connectivity index (χ1) is 31.9. The minimum absolute atomic E-state index is 0.103. The van der Waals surface area contributed by atoms with Crippen molar-refractivity contribution in [3.05, 3.63) is 111 Å². The van der Waals surface area contributed by atoms with Gasteiger partial charge in [0, 0.05) is 74.9 Å². The number of fused-ring (bicyclic) bond motifs is 2. The topological polar surface area (TPSA) is 155 Å². The number of nitrogens with one attached hydrogen (secondary N) is 1. The number of piperidine rings is 3. The van der Waals surface area contributed by atoms with Crippen molar-refractivity contribution in [2.24, 2.45) is 17.8 Å². The molecule has 0 aliphatic carbocycles. The van der Waals surface area contributed by atoms with Gasteiger partial charge >= 0.3 is 0 Å². The maximum absolute atomic E-state index is 13.8. The van der Waals surface area contributed by atoms with Gasteiger partial charge in [-0.3, -0.25) is 29.4 Å². The van der Waals surface area contributed by atoms with Crippen LogP contribution in [0.1, 0.15) is 95.5 Å². The monoisotopic (exact) mass is 909 g/mol. The van der Waals surface area contributed by atoms with E-state index in [4.69, 9.17) is 21.3 Å². The highest BCUT2D eigenvalue weighted by Crippen LogP contribution is 2.40. The van der Waals surface area contributed by atoms with Crippen molar-refractivity contribution < 1.29 is 23.9 Å². The lowest BCUT2D eigenvalue weighted by atomic mass is 9.78. The second kappa shape index (κ2) is 18.1. The van der Waals surface area contributed by atoms with Gasteiger partial charge in [-0.15, -0.1) is 0 Å². The van der Waals surface area contributed by atoms with Gasteiger partial charge in [0.1, 0.15) is 18.4 Å². The Kier molecular flexibility index (Phi) is 12.0. The molecule has 342 valence electrons. The molecule has 6 aliphatic heterocycles. The Morgan fingerprint density at radius 1 is 0.833 bits per heavy atom. The molecule has 3 atom stereocenters. The normalized spacial score (nSPS) is 23.3. The maximum Gasteiger partial charge on any atom is 0.264 e. The van der Waals surface area contributed by atoms with Crippen LogP contribution in [0.3, 0.4) is 0 Å². The molecule has 5 saturated heterocycles. The lowest BCUT2D eigenvalue weighted by Crippen LogP contribution is -2.54. The van der Waals surface area contributed by atoms with Crippen molar-refractivity contribution >= 4 is 46.9 Å². The highest BCUT2D eigenvalue weighted by molar-refractivity contribution is 6.30. The lowest BCUT2D eigenvalue weighted by molar-refractivity contribution is -0.136. The van der Waals surface area contributed by atoms with Crippen LogP contribution in [-0.2, 0) is 21.6 Å². The Morgan fingerprint density at radius 3 is 2.29 bits per heavy atom. The van der Waals surface area contributed by atoms with Crippen molar-refractivity contribution in [3.8, 4) is 11.8 Å². The van der Waals surface area contributed by atoms with Gasteiger partial charge in [0.15, 0.2) is 0 Å². The van der Waals surface area contributed by atoms with E-state index in [1.807, 2.05) is 48.7 Å². The van der Waals surface area contributed by atoms with E-state index in [9.17, 15) is 24.4 Å². The third-order valence-electron chi connectivity index (χ3n) is 15.2. The standard InChI is InChI=1S/C51H56ClN9O5/c1-51(2,37-22-33(25-53)23-38(52)24-37)36-6-8-41(9-7-36)66-31-39-12-17-54-50(55-39)59-20-15-40(16-21-59)58-18-13-32(14-19-58)26-57-27-34-29-60(30-35(34)28-57)43-5-3-4-42-46(43)49(65)61(48(42)64)44-10-11-45(62)56-47(44)63/h3-9,12,17,22-24,32,34-35,40,44H,10-11,13-16,18-21,26-31H2,1-2H3,(H,56,62,63). The van der Waals surface area contributed by atoms with E-state index in [0.29, 0.717) is 52.1 Å². The van der Waals surface area contributed by atoms with Crippen molar-refractivity contribution in [2.45, 2.75) is 76.5 Å².